The normalized spacial score (nSPS) is 23.0. The summed E-state index contributed by atoms with van der Waals surface area (Å²) in [5, 5.41) is 0. The highest BCUT2D eigenvalue weighted by Gasteiger charge is 2.38. The summed E-state index contributed by atoms with van der Waals surface area (Å²) in [6.45, 7) is 6.38. The Balaban J connectivity index is 1.88. The molecule has 0 saturated carbocycles. The predicted molar refractivity (Wildman–Crippen MR) is 75.5 cm³/mol. The molecule has 0 bridgehead atoms. The van der Waals surface area contributed by atoms with Crippen LogP contribution in [-0.4, -0.2) is 78.5 Å². The number of methoxy groups -OCH3 is 1. The fourth-order valence-corrected chi connectivity index (χ4v) is 2.89. The van der Waals surface area contributed by atoms with Crippen LogP contribution >= 0.6 is 0 Å². The maximum atomic E-state index is 12.5. The third kappa shape index (κ3) is 3.28. The van der Waals surface area contributed by atoms with Crippen molar-refractivity contribution in [3.8, 4) is 0 Å². The number of carbonyl (C=O) groups excluding carboxylic acids is 3. The second-order valence-electron chi connectivity index (χ2n) is 5.82. The SMILES string of the molecule is COC(=O)N1CCN(C(=O)C2CC(=O)N(C(C)C)C2)CC1. The Labute approximate surface area is 124 Å². The number of hydrogen-bond acceptors (Lipinski definition) is 4. The number of amides is 3. The van der Waals surface area contributed by atoms with Crippen LogP contribution < -0.4 is 0 Å². The van der Waals surface area contributed by atoms with Gasteiger partial charge in [0.15, 0.2) is 0 Å². The van der Waals surface area contributed by atoms with Gasteiger partial charge in [0.1, 0.15) is 0 Å². The van der Waals surface area contributed by atoms with Gasteiger partial charge in [-0.2, -0.15) is 0 Å². The number of likely N-dealkylation sites (tertiary alicyclic amines) is 1. The van der Waals surface area contributed by atoms with E-state index in [9.17, 15) is 14.4 Å². The molecule has 0 aromatic rings. The summed E-state index contributed by atoms with van der Waals surface area (Å²) in [7, 11) is 1.35. The van der Waals surface area contributed by atoms with Crippen LogP contribution in [0.1, 0.15) is 20.3 Å². The molecule has 7 nitrogen and oxygen atoms in total. The molecule has 2 rings (SSSR count). The standard InChI is InChI=1S/C14H23N3O4/c1-10(2)17-9-11(8-12(17)18)13(19)15-4-6-16(7-5-15)14(20)21-3/h10-11H,4-9H2,1-3H3. The highest BCUT2D eigenvalue weighted by Crippen LogP contribution is 2.22. The molecule has 0 N–H and O–H groups in total. The molecule has 1 unspecified atom stereocenters. The van der Waals surface area contributed by atoms with Gasteiger partial charge in [-0.05, 0) is 13.8 Å². The van der Waals surface area contributed by atoms with Gasteiger partial charge in [0.05, 0.1) is 13.0 Å². The fraction of sp³-hybridized carbons (Fsp3) is 0.786. The van der Waals surface area contributed by atoms with Crippen LogP contribution in [0.3, 0.4) is 0 Å². The van der Waals surface area contributed by atoms with Crippen molar-refractivity contribution < 1.29 is 19.1 Å². The van der Waals surface area contributed by atoms with Crippen molar-refractivity contribution in [1.82, 2.24) is 14.7 Å². The smallest absolute Gasteiger partial charge is 0.409 e. The maximum absolute atomic E-state index is 12.5. The van der Waals surface area contributed by atoms with Crippen LogP contribution in [0.25, 0.3) is 0 Å². The first-order valence-electron chi connectivity index (χ1n) is 7.35. The Morgan fingerprint density at radius 2 is 1.71 bits per heavy atom. The molecule has 118 valence electrons. The lowest BCUT2D eigenvalue weighted by atomic mass is 10.1. The topological polar surface area (TPSA) is 70.2 Å². The first kappa shape index (κ1) is 15.6. The molecule has 2 aliphatic heterocycles. The third-order valence-corrected chi connectivity index (χ3v) is 4.16. The van der Waals surface area contributed by atoms with Crippen molar-refractivity contribution in [3.05, 3.63) is 0 Å². The van der Waals surface area contributed by atoms with Crippen molar-refractivity contribution in [2.24, 2.45) is 5.92 Å². The summed E-state index contributed by atoms with van der Waals surface area (Å²) in [6, 6.07) is 0.131. The number of hydrogen-bond donors (Lipinski definition) is 0. The lowest BCUT2D eigenvalue weighted by molar-refractivity contribution is -0.137. The molecular weight excluding hydrogens is 274 g/mol. The second kappa shape index (κ2) is 6.32. The minimum atomic E-state index is -0.357. The molecule has 0 spiro atoms. The highest BCUT2D eigenvalue weighted by atomic mass is 16.5. The van der Waals surface area contributed by atoms with Crippen LogP contribution in [0.4, 0.5) is 4.79 Å². The van der Waals surface area contributed by atoms with E-state index in [-0.39, 0.29) is 29.9 Å². The quantitative estimate of drug-likeness (QED) is 0.728. The summed E-state index contributed by atoms with van der Waals surface area (Å²) in [5.41, 5.74) is 0. The van der Waals surface area contributed by atoms with Gasteiger partial charge in [0.25, 0.3) is 0 Å². The van der Waals surface area contributed by atoms with Crippen LogP contribution in [0.5, 0.6) is 0 Å². The zero-order valence-electron chi connectivity index (χ0n) is 12.9. The number of carbonyl (C=O) groups is 3. The minimum absolute atomic E-state index is 0.0241. The largest absolute Gasteiger partial charge is 0.453 e. The van der Waals surface area contributed by atoms with Gasteiger partial charge in [0.2, 0.25) is 11.8 Å². The van der Waals surface area contributed by atoms with Crippen molar-refractivity contribution >= 4 is 17.9 Å². The fourth-order valence-electron chi connectivity index (χ4n) is 2.89. The maximum Gasteiger partial charge on any atom is 0.409 e. The van der Waals surface area contributed by atoms with E-state index in [0.29, 0.717) is 39.1 Å². The average Bonchev–Trinajstić information content (AvgIpc) is 2.88. The lowest BCUT2D eigenvalue weighted by Gasteiger charge is -2.35. The molecular formula is C14H23N3O4. The molecule has 0 aromatic heterocycles. The molecule has 2 aliphatic rings. The highest BCUT2D eigenvalue weighted by molar-refractivity contribution is 5.89. The average molecular weight is 297 g/mol. The van der Waals surface area contributed by atoms with Gasteiger partial charge in [-0.25, -0.2) is 4.79 Å². The molecule has 2 saturated heterocycles. The molecule has 2 fully saturated rings. The van der Waals surface area contributed by atoms with Gasteiger partial charge in [0, 0.05) is 45.2 Å². The molecule has 0 radical (unpaired) electrons. The first-order chi connectivity index (χ1) is 9.93. The van der Waals surface area contributed by atoms with E-state index in [1.165, 1.54) is 7.11 Å². The van der Waals surface area contributed by atoms with E-state index in [1.807, 2.05) is 13.8 Å². The number of rotatable bonds is 2. The van der Waals surface area contributed by atoms with Gasteiger partial charge < -0.3 is 19.4 Å². The Morgan fingerprint density at radius 3 is 2.19 bits per heavy atom. The molecule has 1 atom stereocenters. The summed E-state index contributed by atoms with van der Waals surface area (Å²) in [5.74, 6) is -0.169. The number of ether oxygens (including phenoxy) is 1. The first-order valence-corrected chi connectivity index (χ1v) is 7.35. The Bertz CT molecular complexity index is 430. The monoisotopic (exact) mass is 297 g/mol. The van der Waals surface area contributed by atoms with Gasteiger partial charge in [-0.3, -0.25) is 9.59 Å². The summed E-state index contributed by atoms with van der Waals surface area (Å²) in [4.78, 5) is 40.9. The Morgan fingerprint density at radius 1 is 1.14 bits per heavy atom. The molecule has 2 heterocycles. The van der Waals surface area contributed by atoms with Gasteiger partial charge in [-0.1, -0.05) is 0 Å². The summed E-state index contributed by atoms with van der Waals surface area (Å²) < 4.78 is 4.67. The van der Waals surface area contributed by atoms with E-state index in [1.54, 1.807) is 14.7 Å². The van der Waals surface area contributed by atoms with Crippen molar-refractivity contribution in [3.63, 3.8) is 0 Å². The summed E-state index contributed by atoms with van der Waals surface area (Å²) in [6.07, 6.45) is -0.0575. The molecule has 0 aromatic carbocycles. The second-order valence-corrected chi connectivity index (χ2v) is 5.82. The molecule has 7 heteroatoms. The van der Waals surface area contributed by atoms with Crippen LogP contribution in [0.2, 0.25) is 0 Å². The zero-order chi connectivity index (χ0) is 15.6. The van der Waals surface area contributed by atoms with Crippen molar-refractivity contribution in [2.75, 3.05) is 39.8 Å². The van der Waals surface area contributed by atoms with E-state index < -0.39 is 0 Å². The molecule has 3 amide bonds. The Kier molecular flexibility index (Phi) is 4.69. The lowest BCUT2D eigenvalue weighted by Crippen LogP contribution is -2.52. The van der Waals surface area contributed by atoms with Crippen molar-refractivity contribution in [2.45, 2.75) is 26.3 Å². The molecule has 21 heavy (non-hydrogen) atoms. The molecule has 0 aliphatic carbocycles. The minimum Gasteiger partial charge on any atom is -0.453 e. The van der Waals surface area contributed by atoms with E-state index in [0.717, 1.165) is 0 Å². The Hall–Kier alpha value is -1.79. The van der Waals surface area contributed by atoms with Crippen molar-refractivity contribution in [1.29, 1.82) is 0 Å². The van der Waals surface area contributed by atoms with Gasteiger partial charge in [-0.15, -0.1) is 0 Å². The van der Waals surface area contributed by atoms with Crippen LogP contribution in [0.15, 0.2) is 0 Å². The summed E-state index contributed by atoms with van der Waals surface area (Å²) >= 11 is 0. The van der Waals surface area contributed by atoms with Gasteiger partial charge >= 0.3 is 6.09 Å². The van der Waals surface area contributed by atoms with E-state index in [2.05, 4.69) is 4.74 Å². The van der Waals surface area contributed by atoms with E-state index in [4.69, 9.17) is 0 Å². The number of piperazine rings is 1. The zero-order valence-corrected chi connectivity index (χ0v) is 12.9. The third-order valence-electron chi connectivity index (χ3n) is 4.16. The predicted octanol–water partition coefficient (Wildman–Crippen LogP) is 0.154. The van der Waals surface area contributed by atoms with Crippen LogP contribution in [0, 0.1) is 5.92 Å². The van der Waals surface area contributed by atoms with E-state index >= 15 is 0 Å². The number of nitrogens with zero attached hydrogens (tertiary/aromatic N) is 3. The van der Waals surface area contributed by atoms with Crippen LogP contribution in [-0.2, 0) is 14.3 Å².